The van der Waals surface area contributed by atoms with Crippen LogP contribution in [0.25, 0.3) is 11.3 Å². The van der Waals surface area contributed by atoms with Gasteiger partial charge in [0.25, 0.3) is 0 Å². The van der Waals surface area contributed by atoms with Gasteiger partial charge in [0, 0.05) is 18.0 Å². The third-order valence-electron chi connectivity index (χ3n) is 6.63. The van der Waals surface area contributed by atoms with E-state index < -0.39 is 29.2 Å². The minimum absolute atomic E-state index is 0.0112. The lowest BCUT2D eigenvalue weighted by Gasteiger charge is -2.28. The molecule has 1 aromatic carbocycles. The summed E-state index contributed by atoms with van der Waals surface area (Å²) >= 11 is 0.765. The molecule has 2 N–H and O–H groups in total. The number of rotatable bonds is 8. The summed E-state index contributed by atoms with van der Waals surface area (Å²) in [5.74, 6) is -2.02. The third-order valence-corrected chi connectivity index (χ3v) is 7.60. The molecule has 1 atom stereocenters. The summed E-state index contributed by atoms with van der Waals surface area (Å²) in [4.78, 5) is 21.6. The number of thioether (sulfide) groups is 1. The molecule has 220 valence electrons. The second kappa shape index (κ2) is 13.0. The molecule has 0 amide bonds. The summed E-state index contributed by atoms with van der Waals surface area (Å²) in [7, 11) is 0. The lowest BCUT2D eigenvalue weighted by molar-refractivity contribution is -0.139. The number of nitrogens with two attached hydrogens (primary N) is 1. The highest BCUT2D eigenvalue weighted by Gasteiger charge is 2.39. The first kappa shape index (κ1) is 31.1. The monoisotopic (exact) mass is 605 g/mol. The Morgan fingerprint density at radius 2 is 1.91 bits per heavy atom. The molecule has 0 saturated carbocycles. The van der Waals surface area contributed by atoms with Gasteiger partial charge in [-0.15, -0.1) is 0 Å². The minimum atomic E-state index is -4.85. The predicted molar refractivity (Wildman–Crippen MR) is 153 cm³/mol. The molecule has 0 radical (unpaired) electrons. The Kier molecular flexibility index (Phi) is 9.42. The van der Waals surface area contributed by atoms with E-state index in [0.717, 1.165) is 23.4 Å². The Labute approximate surface area is 250 Å². The average molecular weight is 606 g/mol. The number of nitrogens with zero attached hydrogens (tertiary/aromatic N) is 4. The van der Waals surface area contributed by atoms with Crippen LogP contribution in [0.4, 0.5) is 13.2 Å². The van der Waals surface area contributed by atoms with E-state index in [9.17, 15) is 28.5 Å². The molecule has 0 saturated heterocycles. The van der Waals surface area contributed by atoms with Crippen molar-refractivity contribution in [1.29, 1.82) is 10.5 Å². The number of alkyl halides is 3. The number of allylic oxidation sites excluding steroid dienone is 1. The summed E-state index contributed by atoms with van der Waals surface area (Å²) in [5, 5.41) is 19.5. The molecule has 0 spiro atoms. The molecule has 1 aliphatic heterocycles. The Bertz CT molecular complexity index is 1670. The van der Waals surface area contributed by atoms with Crippen molar-refractivity contribution in [2.75, 3.05) is 12.4 Å². The fraction of sp³-hybridized carbons (Fsp3) is 0.258. The first-order valence-corrected chi connectivity index (χ1v) is 14.1. The normalized spacial score (nSPS) is 15.1. The topological polar surface area (TPSA) is 135 Å². The fourth-order valence-electron chi connectivity index (χ4n) is 4.52. The lowest BCUT2D eigenvalue weighted by atomic mass is 9.82. The van der Waals surface area contributed by atoms with Crippen LogP contribution in [0.5, 0.6) is 0 Å². The quantitative estimate of drug-likeness (QED) is 0.223. The molecule has 1 unspecified atom stereocenters. The van der Waals surface area contributed by atoms with Crippen LogP contribution in [-0.2, 0) is 20.4 Å². The molecule has 0 aliphatic carbocycles. The van der Waals surface area contributed by atoms with E-state index in [-0.39, 0.29) is 51.8 Å². The summed E-state index contributed by atoms with van der Waals surface area (Å²) in [6.45, 7) is 5.69. The fourth-order valence-corrected chi connectivity index (χ4v) is 5.46. The van der Waals surface area contributed by atoms with Gasteiger partial charge in [-0.2, -0.15) is 23.7 Å². The van der Waals surface area contributed by atoms with Gasteiger partial charge in [-0.3, -0.25) is 4.98 Å². The van der Waals surface area contributed by atoms with Crippen molar-refractivity contribution in [2.45, 2.75) is 43.8 Å². The first-order valence-electron chi connectivity index (χ1n) is 13.1. The standard InChI is InChI=1S/C31H26F3N5O3S/c1-4-41-30(40)27-25(42-28(37)22(14-36)26(27)19-9-7-18(8-10-19)17(2)3)16-43-29-21(13-35)23(31(32,33)34)12-24(39-29)20-6-5-11-38-15-20/h5-12,15,17,26H,4,16,37H2,1-3H3. The van der Waals surface area contributed by atoms with Crippen LogP contribution in [0.15, 0.2) is 82.7 Å². The van der Waals surface area contributed by atoms with Crippen LogP contribution >= 0.6 is 11.8 Å². The maximum Gasteiger partial charge on any atom is 0.417 e. The molecule has 3 heterocycles. The van der Waals surface area contributed by atoms with Crippen molar-refractivity contribution in [3.63, 3.8) is 0 Å². The highest BCUT2D eigenvalue weighted by atomic mass is 32.2. The molecule has 0 fully saturated rings. The Morgan fingerprint density at radius 3 is 2.47 bits per heavy atom. The molecule has 12 heteroatoms. The van der Waals surface area contributed by atoms with Crippen molar-refractivity contribution < 1.29 is 27.4 Å². The van der Waals surface area contributed by atoms with Gasteiger partial charge in [-0.05, 0) is 42.2 Å². The van der Waals surface area contributed by atoms with Crippen LogP contribution < -0.4 is 5.73 Å². The third kappa shape index (κ3) is 6.65. The zero-order chi connectivity index (χ0) is 31.3. The highest BCUT2D eigenvalue weighted by molar-refractivity contribution is 7.99. The van der Waals surface area contributed by atoms with Crippen molar-refractivity contribution in [2.24, 2.45) is 5.73 Å². The molecule has 8 nitrogen and oxygen atoms in total. The molecule has 4 rings (SSSR count). The van der Waals surface area contributed by atoms with E-state index in [1.807, 2.05) is 32.0 Å². The van der Waals surface area contributed by atoms with Gasteiger partial charge in [0.1, 0.15) is 28.5 Å². The maximum absolute atomic E-state index is 14.1. The number of hydrogen-bond acceptors (Lipinski definition) is 9. The van der Waals surface area contributed by atoms with E-state index in [4.69, 9.17) is 15.2 Å². The number of aromatic nitrogens is 2. The number of nitriles is 2. The summed E-state index contributed by atoms with van der Waals surface area (Å²) in [6.07, 6.45) is -2.02. The Hall–Kier alpha value is -4.81. The highest BCUT2D eigenvalue weighted by Crippen LogP contribution is 2.43. The van der Waals surface area contributed by atoms with Crippen LogP contribution in [0.3, 0.4) is 0 Å². The van der Waals surface area contributed by atoms with Gasteiger partial charge in [0.15, 0.2) is 0 Å². The SMILES string of the molecule is CCOC(=O)C1=C(CSc2nc(-c3cccnc3)cc(C(F)(F)F)c2C#N)OC(N)=C(C#N)C1c1ccc(C(C)C)cc1. The van der Waals surface area contributed by atoms with Gasteiger partial charge < -0.3 is 15.2 Å². The summed E-state index contributed by atoms with van der Waals surface area (Å²) in [5.41, 5.74) is 6.16. The van der Waals surface area contributed by atoms with Crippen LogP contribution in [0, 0.1) is 22.7 Å². The van der Waals surface area contributed by atoms with Gasteiger partial charge in [-0.25, -0.2) is 9.78 Å². The molecule has 2 aromatic heterocycles. The number of pyridine rings is 2. The predicted octanol–water partition coefficient (Wildman–Crippen LogP) is 6.57. The van der Waals surface area contributed by atoms with Gasteiger partial charge in [0.05, 0.1) is 40.7 Å². The van der Waals surface area contributed by atoms with Crippen molar-refractivity contribution in [3.05, 3.63) is 99.9 Å². The second-order valence-corrected chi connectivity index (χ2v) is 10.6. The van der Waals surface area contributed by atoms with Crippen molar-refractivity contribution >= 4 is 17.7 Å². The number of halogens is 3. The lowest BCUT2D eigenvalue weighted by Crippen LogP contribution is -2.27. The van der Waals surface area contributed by atoms with Crippen LogP contribution in [0.1, 0.15) is 54.9 Å². The number of ether oxygens (including phenoxy) is 2. The molecule has 0 bridgehead atoms. The number of carbonyl (C=O) groups is 1. The van der Waals surface area contributed by atoms with E-state index >= 15 is 0 Å². The maximum atomic E-state index is 14.1. The number of carbonyl (C=O) groups excluding carboxylic acids is 1. The smallest absolute Gasteiger partial charge is 0.417 e. The van der Waals surface area contributed by atoms with E-state index in [1.165, 1.54) is 12.4 Å². The average Bonchev–Trinajstić information content (AvgIpc) is 2.99. The van der Waals surface area contributed by atoms with E-state index in [0.29, 0.717) is 11.1 Å². The molecule has 43 heavy (non-hydrogen) atoms. The summed E-state index contributed by atoms with van der Waals surface area (Å²) < 4.78 is 53.2. The van der Waals surface area contributed by atoms with Crippen molar-refractivity contribution in [1.82, 2.24) is 9.97 Å². The van der Waals surface area contributed by atoms with Gasteiger partial charge >= 0.3 is 12.1 Å². The van der Waals surface area contributed by atoms with Crippen LogP contribution in [-0.4, -0.2) is 28.3 Å². The molecular formula is C31H26F3N5O3S. The minimum Gasteiger partial charge on any atom is -0.463 e. The summed E-state index contributed by atoms with van der Waals surface area (Å²) in [6, 6.07) is 14.9. The Balaban J connectivity index is 1.85. The van der Waals surface area contributed by atoms with E-state index in [1.54, 1.807) is 37.3 Å². The molecule has 1 aliphatic rings. The zero-order valence-corrected chi connectivity index (χ0v) is 24.2. The number of esters is 1. The Morgan fingerprint density at radius 1 is 1.19 bits per heavy atom. The van der Waals surface area contributed by atoms with Gasteiger partial charge in [-0.1, -0.05) is 49.9 Å². The molecule has 3 aromatic rings. The van der Waals surface area contributed by atoms with Crippen LogP contribution in [0.2, 0.25) is 0 Å². The number of benzene rings is 1. The van der Waals surface area contributed by atoms with Crippen molar-refractivity contribution in [3.8, 4) is 23.4 Å². The van der Waals surface area contributed by atoms with E-state index in [2.05, 4.69) is 9.97 Å². The van der Waals surface area contributed by atoms with Gasteiger partial charge in [0.2, 0.25) is 5.88 Å². The second-order valence-electron chi connectivity index (χ2n) is 9.68. The number of hydrogen-bond donors (Lipinski definition) is 1. The zero-order valence-electron chi connectivity index (χ0n) is 23.4. The first-order chi connectivity index (χ1) is 20.5. The molecular weight excluding hydrogens is 579 g/mol. The largest absolute Gasteiger partial charge is 0.463 e.